The van der Waals surface area contributed by atoms with Gasteiger partial charge in [0.05, 0.1) is 12.3 Å². The molecule has 5 nitrogen and oxygen atoms in total. The van der Waals surface area contributed by atoms with Crippen LogP contribution in [0.1, 0.15) is 19.4 Å². The van der Waals surface area contributed by atoms with Gasteiger partial charge in [0.15, 0.2) is 17.2 Å². The number of likely N-dealkylation sites (N-methyl/N-ethyl adjacent to an activating group) is 1. The fourth-order valence-corrected chi connectivity index (χ4v) is 3.17. The number of hydrogen-bond acceptors (Lipinski definition) is 4. The number of nitrogens with zero attached hydrogens (tertiary/aromatic N) is 4. The van der Waals surface area contributed by atoms with Crippen LogP contribution < -0.4 is 0 Å². The van der Waals surface area contributed by atoms with Crippen LogP contribution in [0.25, 0.3) is 22.7 Å². The van der Waals surface area contributed by atoms with Crippen molar-refractivity contribution in [2.24, 2.45) is 0 Å². The first-order valence-electron chi connectivity index (χ1n) is 7.46. The zero-order chi connectivity index (χ0) is 14.2. The van der Waals surface area contributed by atoms with Crippen molar-refractivity contribution in [3.05, 3.63) is 36.7 Å². The zero-order valence-corrected chi connectivity index (χ0v) is 12.1. The maximum absolute atomic E-state index is 5.58. The summed E-state index contributed by atoms with van der Waals surface area (Å²) in [5.74, 6) is 1.69. The standard InChI is InChI=1S/C16H18N4O/c1-2-19-9-7-12(11-19)20-15-13(5-3-8-17-15)18-16(20)14-6-4-10-21-14/h3-6,8,10,12H,2,7,9,11H2,1H3. The largest absolute Gasteiger partial charge is 0.461 e. The first-order valence-corrected chi connectivity index (χ1v) is 7.46. The number of rotatable bonds is 3. The van der Waals surface area contributed by atoms with Crippen molar-refractivity contribution in [1.29, 1.82) is 0 Å². The molecule has 1 unspecified atom stereocenters. The molecule has 0 aromatic carbocycles. The number of imidazole rings is 1. The number of likely N-dealkylation sites (tertiary alicyclic amines) is 1. The van der Waals surface area contributed by atoms with Gasteiger partial charge in [0.1, 0.15) is 5.52 Å². The highest BCUT2D eigenvalue weighted by Gasteiger charge is 2.28. The van der Waals surface area contributed by atoms with Crippen LogP contribution in [0.4, 0.5) is 0 Å². The van der Waals surface area contributed by atoms with Gasteiger partial charge in [-0.15, -0.1) is 0 Å². The Bertz CT molecular complexity index is 747. The number of aromatic nitrogens is 3. The molecule has 0 aliphatic carbocycles. The molecule has 1 aliphatic rings. The third-order valence-electron chi connectivity index (χ3n) is 4.25. The van der Waals surface area contributed by atoms with Crippen LogP contribution in [0, 0.1) is 0 Å². The molecule has 1 atom stereocenters. The molecule has 1 saturated heterocycles. The smallest absolute Gasteiger partial charge is 0.178 e. The summed E-state index contributed by atoms with van der Waals surface area (Å²) < 4.78 is 7.83. The number of pyridine rings is 1. The van der Waals surface area contributed by atoms with E-state index in [1.807, 2.05) is 30.5 Å². The molecule has 0 radical (unpaired) electrons. The highest BCUT2D eigenvalue weighted by Crippen LogP contribution is 2.31. The molecular weight excluding hydrogens is 264 g/mol. The average Bonchev–Trinajstić information content (AvgIpc) is 3.24. The Kier molecular flexibility index (Phi) is 3.00. The summed E-state index contributed by atoms with van der Waals surface area (Å²) in [6.45, 7) is 5.48. The minimum atomic E-state index is 0.407. The van der Waals surface area contributed by atoms with E-state index in [4.69, 9.17) is 9.40 Å². The van der Waals surface area contributed by atoms with E-state index in [2.05, 4.69) is 21.4 Å². The first-order chi connectivity index (χ1) is 10.4. The topological polar surface area (TPSA) is 47.1 Å². The van der Waals surface area contributed by atoms with E-state index in [1.54, 1.807) is 6.26 Å². The first kappa shape index (κ1) is 12.6. The molecule has 0 spiro atoms. The fraction of sp³-hybridized carbons (Fsp3) is 0.375. The van der Waals surface area contributed by atoms with Crippen molar-refractivity contribution in [2.75, 3.05) is 19.6 Å². The molecule has 0 bridgehead atoms. The van der Waals surface area contributed by atoms with E-state index < -0.39 is 0 Å². The second kappa shape index (κ2) is 5.00. The van der Waals surface area contributed by atoms with Crippen molar-refractivity contribution < 1.29 is 4.42 Å². The van der Waals surface area contributed by atoms with Crippen LogP contribution >= 0.6 is 0 Å². The Hall–Kier alpha value is -2.14. The highest BCUT2D eigenvalue weighted by molar-refractivity contribution is 5.76. The quantitative estimate of drug-likeness (QED) is 0.741. The third kappa shape index (κ3) is 2.05. The van der Waals surface area contributed by atoms with Gasteiger partial charge >= 0.3 is 0 Å². The Labute approximate surface area is 123 Å². The molecule has 3 aromatic rings. The molecule has 21 heavy (non-hydrogen) atoms. The Morgan fingerprint density at radius 2 is 2.29 bits per heavy atom. The molecule has 1 aliphatic heterocycles. The Balaban J connectivity index is 1.87. The summed E-state index contributed by atoms with van der Waals surface area (Å²) in [5, 5.41) is 0. The molecule has 4 rings (SSSR count). The Morgan fingerprint density at radius 1 is 1.33 bits per heavy atom. The molecule has 3 aromatic heterocycles. The van der Waals surface area contributed by atoms with Crippen molar-refractivity contribution >= 4 is 11.2 Å². The lowest BCUT2D eigenvalue weighted by molar-refractivity contribution is 0.342. The zero-order valence-electron chi connectivity index (χ0n) is 12.1. The summed E-state index contributed by atoms with van der Waals surface area (Å²) in [5.41, 5.74) is 1.88. The van der Waals surface area contributed by atoms with Gasteiger partial charge in [-0.25, -0.2) is 9.97 Å². The van der Waals surface area contributed by atoms with Gasteiger partial charge in [-0.05, 0) is 37.2 Å². The van der Waals surface area contributed by atoms with Gasteiger partial charge in [-0.3, -0.25) is 0 Å². The number of hydrogen-bond donors (Lipinski definition) is 0. The minimum Gasteiger partial charge on any atom is -0.461 e. The fourth-order valence-electron chi connectivity index (χ4n) is 3.17. The van der Waals surface area contributed by atoms with Gasteiger partial charge in [0, 0.05) is 19.3 Å². The SMILES string of the molecule is CCN1CCC(n2c(-c3ccco3)nc3cccnc32)C1. The molecule has 0 N–H and O–H groups in total. The Morgan fingerprint density at radius 3 is 3.05 bits per heavy atom. The second-order valence-electron chi connectivity index (χ2n) is 5.46. The van der Waals surface area contributed by atoms with E-state index in [-0.39, 0.29) is 0 Å². The predicted molar refractivity (Wildman–Crippen MR) is 81.0 cm³/mol. The van der Waals surface area contributed by atoms with E-state index in [0.717, 1.165) is 48.8 Å². The van der Waals surface area contributed by atoms with Crippen molar-refractivity contribution in [2.45, 2.75) is 19.4 Å². The average molecular weight is 282 g/mol. The van der Waals surface area contributed by atoms with Crippen molar-refractivity contribution in [3.63, 3.8) is 0 Å². The summed E-state index contributed by atoms with van der Waals surface area (Å²) in [4.78, 5) is 11.7. The van der Waals surface area contributed by atoms with Crippen LogP contribution in [0.5, 0.6) is 0 Å². The van der Waals surface area contributed by atoms with Gasteiger partial charge in [-0.2, -0.15) is 0 Å². The minimum absolute atomic E-state index is 0.407. The molecule has 1 fully saturated rings. The summed E-state index contributed by atoms with van der Waals surface area (Å²) in [7, 11) is 0. The van der Waals surface area contributed by atoms with Crippen LogP contribution in [0.3, 0.4) is 0 Å². The third-order valence-corrected chi connectivity index (χ3v) is 4.25. The maximum Gasteiger partial charge on any atom is 0.178 e. The predicted octanol–water partition coefficient (Wildman–Crippen LogP) is 2.96. The van der Waals surface area contributed by atoms with Gasteiger partial charge in [0.2, 0.25) is 0 Å². The monoisotopic (exact) mass is 282 g/mol. The van der Waals surface area contributed by atoms with Gasteiger partial charge < -0.3 is 13.9 Å². The lowest BCUT2D eigenvalue weighted by Gasteiger charge is -2.16. The maximum atomic E-state index is 5.58. The summed E-state index contributed by atoms with van der Waals surface area (Å²) in [6.07, 6.45) is 4.65. The molecule has 5 heteroatoms. The molecule has 4 heterocycles. The van der Waals surface area contributed by atoms with Gasteiger partial charge in [0.25, 0.3) is 0 Å². The molecule has 108 valence electrons. The van der Waals surface area contributed by atoms with E-state index in [1.165, 1.54) is 0 Å². The van der Waals surface area contributed by atoms with E-state index in [9.17, 15) is 0 Å². The van der Waals surface area contributed by atoms with Crippen LogP contribution in [-0.4, -0.2) is 39.1 Å². The summed E-state index contributed by atoms with van der Waals surface area (Å²) >= 11 is 0. The summed E-state index contributed by atoms with van der Waals surface area (Å²) in [6, 6.07) is 8.21. The second-order valence-corrected chi connectivity index (χ2v) is 5.46. The van der Waals surface area contributed by atoms with Crippen LogP contribution in [0.15, 0.2) is 41.1 Å². The van der Waals surface area contributed by atoms with Crippen molar-refractivity contribution in [1.82, 2.24) is 19.4 Å². The van der Waals surface area contributed by atoms with E-state index in [0.29, 0.717) is 6.04 Å². The lowest BCUT2D eigenvalue weighted by Crippen LogP contribution is -2.21. The number of furan rings is 1. The molecular formula is C16H18N4O. The normalized spacial score (nSPS) is 19.6. The number of fused-ring (bicyclic) bond motifs is 1. The van der Waals surface area contributed by atoms with E-state index >= 15 is 0 Å². The lowest BCUT2D eigenvalue weighted by atomic mass is 10.2. The highest BCUT2D eigenvalue weighted by atomic mass is 16.3. The molecule has 0 amide bonds. The van der Waals surface area contributed by atoms with Gasteiger partial charge in [-0.1, -0.05) is 6.92 Å². The van der Waals surface area contributed by atoms with Crippen LogP contribution in [0.2, 0.25) is 0 Å². The van der Waals surface area contributed by atoms with Crippen LogP contribution in [-0.2, 0) is 0 Å². The molecule has 0 saturated carbocycles. The van der Waals surface area contributed by atoms with Crippen molar-refractivity contribution in [3.8, 4) is 11.6 Å².